The van der Waals surface area contributed by atoms with Crippen LogP contribution in [0, 0.1) is 17.2 Å². The number of benzene rings is 2. The number of aryl methyl sites for hydroxylation is 1. The number of amides is 2. The Morgan fingerprint density at radius 3 is 2.60 bits per heavy atom. The van der Waals surface area contributed by atoms with Gasteiger partial charge in [-0.2, -0.15) is 5.26 Å². The van der Waals surface area contributed by atoms with Crippen molar-refractivity contribution in [1.29, 1.82) is 5.26 Å². The molecule has 2 aromatic rings. The van der Waals surface area contributed by atoms with Crippen LogP contribution in [0.3, 0.4) is 0 Å². The summed E-state index contributed by atoms with van der Waals surface area (Å²) in [6.07, 6.45) is -0.178. The fourth-order valence-corrected chi connectivity index (χ4v) is 3.37. The van der Waals surface area contributed by atoms with E-state index in [2.05, 4.69) is 5.32 Å². The van der Waals surface area contributed by atoms with Crippen molar-refractivity contribution >= 4 is 29.2 Å². The highest BCUT2D eigenvalue weighted by atomic mass is 16.5. The molecule has 2 atom stereocenters. The number of rotatable bonds is 6. The van der Waals surface area contributed by atoms with Gasteiger partial charge in [-0.1, -0.05) is 25.1 Å². The molecule has 7 nitrogen and oxygen atoms in total. The quantitative estimate of drug-likeness (QED) is 0.745. The van der Waals surface area contributed by atoms with Gasteiger partial charge in [0.25, 0.3) is 5.91 Å². The molecule has 1 aliphatic heterocycles. The lowest BCUT2D eigenvalue weighted by Crippen LogP contribution is -2.33. The van der Waals surface area contributed by atoms with Crippen LogP contribution in [-0.4, -0.2) is 30.4 Å². The van der Waals surface area contributed by atoms with Crippen molar-refractivity contribution in [3.05, 3.63) is 59.7 Å². The van der Waals surface area contributed by atoms with Gasteiger partial charge in [-0.05, 0) is 49.2 Å². The predicted octanol–water partition coefficient (Wildman–Crippen LogP) is 3.04. The first kappa shape index (κ1) is 21.1. The fraction of sp³-hybridized carbons (Fsp3) is 0.304. The van der Waals surface area contributed by atoms with Crippen LogP contribution >= 0.6 is 0 Å². The van der Waals surface area contributed by atoms with E-state index in [1.165, 1.54) is 6.92 Å². The van der Waals surface area contributed by atoms with E-state index in [0.29, 0.717) is 11.3 Å². The molecule has 1 N–H and O–H groups in total. The Morgan fingerprint density at radius 1 is 1.23 bits per heavy atom. The van der Waals surface area contributed by atoms with E-state index in [9.17, 15) is 14.4 Å². The fourth-order valence-electron chi connectivity index (χ4n) is 3.37. The topological polar surface area (TPSA) is 99.5 Å². The molecule has 2 amide bonds. The zero-order chi connectivity index (χ0) is 21.7. The number of carbonyl (C=O) groups is 3. The van der Waals surface area contributed by atoms with Gasteiger partial charge in [0.2, 0.25) is 5.91 Å². The van der Waals surface area contributed by atoms with Crippen molar-refractivity contribution in [2.75, 3.05) is 16.8 Å². The number of hydrogen-bond acceptors (Lipinski definition) is 5. The summed E-state index contributed by atoms with van der Waals surface area (Å²) in [4.78, 5) is 39.0. The largest absolute Gasteiger partial charge is 0.452 e. The molecule has 0 radical (unpaired) electrons. The highest BCUT2D eigenvalue weighted by Crippen LogP contribution is 2.29. The van der Waals surface area contributed by atoms with E-state index in [1.807, 2.05) is 37.3 Å². The molecular formula is C23H23N3O4. The standard InChI is InChI=1S/C23H23N3O4/c1-3-17-6-4-5-7-20(17)26-14-18(12-21(26)27)23(29)30-15(2)22(28)25-19-10-8-16(13-24)9-11-19/h4-11,15,18H,3,12,14H2,1-2H3,(H,25,28)/t15-,18+/m1/s1. The molecule has 30 heavy (non-hydrogen) atoms. The third-order valence-corrected chi connectivity index (χ3v) is 5.07. The maximum atomic E-state index is 12.6. The molecule has 0 aromatic heterocycles. The molecule has 3 rings (SSSR count). The normalized spacial score (nSPS) is 16.6. The summed E-state index contributed by atoms with van der Waals surface area (Å²) in [6, 6.07) is 16.0. The summed E-state index contributed by atoms with van der Waals surface area (Å²) in [5.74, 6) is -1.80. The third kappa shape index (κ3) is 4.66. The first-order valence-corrected chi connectivity index (χ1v) is 9.82. The van der Waals surface area contributed by atoms with Gasteiger partial charge in [-0.15, -0.1) is 0 Å². The molecular weight excluding hydrogens is 382 g/mol. The first-order chi connectivity index (χ1) is 14.4. The second-order valence-corrected chi connectivity index (χ2v) is 7.15. The molecule has 1 saturated heterocycles. The van der Waals surface area contributed by atoms with Crippen molar-refractivity contribution in [3.8, 4) is 6.07 Å². The molecule has 0 unspecified atom stereocenters. The lowest BCUT2D eigenvalue weighted by atomic mass is 10.1. The van der Waals surface area contributed by atoms with Crippen LogP contribution in [0.25, 0.3) is 0 Å². The maximum Gasteiger partial charge on any atom is 0.312 e. The average Bonchev–Trinajstić information content (AvgIpc) is 3.15. The third-order valence-electron chi connectivity index (χ3n) is 5.07. The lowest BCUT2D eigenvalue weighted by molar-refractivity contribution is -0.157. The van der Waals surface area contributed by atoms with E-state index in [4.69, 9.17) is 10.00 Å². The molecule has 154 valence electrons. The number of carbonyl (C=O) groups excluding carboxylic acids is 3. The van der Waals surface area contributed by atoms with Crippen LogP contribution < -0.4 is 10.2 Å². The van der Waals surface area contributed by atoms with Crippen molar-refractivity contribution < 1.29 is 19.1 Å². The summed E-state index contributed by atoms with van der Waals surface area (Å²) >= 11 is 0. The number of hydrogen-bond donors (Lipinski definition) is 1. The van der Waals surface area contributed by atoms with E-state index in [1.54, 1.807) is 29.2 Å². The van der Waals surface area contributed by atoms with Crippen molar-refractivity contribution in [1.82, 2.24) is 0 Å². The minimum absolute atomic E-state index is 0.0564. The van der Waals surface area contributed by atoms with Gasteiger partial charge in [-0.25, -0.2) is 0 Å². The molecule has 1 fully saturated rings. The van der Waals surface area contributed by atoms with Crippen LogP contribution in [-0.2, 0) is 25.5 Å². The van der Waals surface area contributed by atoms with Gasteiger partial charge >= 0.3 is 5.97 Å². The van der Waals surface area contributed by atoms with Gasteiger partial charge in [0.15, 0.2) is 6.10 Å². The first-order valence-electron chi connectivity index (χ1n) is 9.82. The SMILES string of the molecule is CCc1ccccc1N1C[C@@H](C(=O)O[C@H](C)C(=O)Nc2ccc(C#N)cc2)CC1=O. The Bertz CT molecular complexity index is 994. The average molecular weight is 405 g/mol. The number of nitriles is 1. The molecule has 0 bridgehead atoms. The van der Waals surface area contributed by atoms with E-state index < -0.39 is 23.9 Å². The Balaban J connectivity index is 1.59. The number of esters is 1. The summed E-state index contributed by atoms with van der Waals surface area (Å²) < 4.78 is 5.32. The van der Waals surface area contributed by atoms with Crippen LogP contribution in [0.2, 0.25) is 0 Å². The zero-order valence-corrected chi connectivity index (χ0v) is 16.9. The van der Waals surface area contributed by atoms with Gasteiger partial charge < -0.3 is 15.0 Å². The number of nitrogens with zero attached hydrogens (tertiary/aromatic N) is 2. The van der Waals surface area contributed by atoms with Crippen LogP contribution in [0.4, 0.5) is 11.4 Å². The number of ether oxygens (including phenoxy) is 1. The highest BCUT2D eigenvalue weighted by Gasteiger charge is 2.37. The van der Waals surface area contributed by atoms with Crippen molar-refractivity contribution in [3.63, 3.8) is 0 Å². The molecule has 0 aliphatic carbocycles. The van der Waals surface area contributed by atoms with Crippen LogP contribution in [0.1, 0.15) is 31.4 Å². The molecule has 0 saturated carbocycles. The van der Waals surface area contributed by atoms with Crippen LogP contribution in [0.15, 0.2) is 48.5 Å². The lowest BCUT2D eigenvalue weighted by Gasteiger charge is -2.20. The Labute approximate surface area is 175 Å². The second-order valence-electron chi connectivity index (χ2n) is 7.15. The number of nitrogens with one attached hydrogen (secondary N) is 1. The molecule has 1 aliphatic rings. The van der Waals surface area contributed by atoms with Crippen molar-refractivity contribution in [2.45, 2.75) is 32.8 Å². The second kappa shape index (κ2) is 9.23. The van der Waals surface area contributed by atoms with E-state index in [-0.39, 0.29) is 18.9 Å². The van der Waals surface area contributed by atoms with Crippen LogP contribution in [0.5, 0.6) is 0 Å². The number of anilines is 2. The summed E-state index contributed by atoms with van der Waals surface area (Å²) in [6.45, 7) is 3.73. The van der Waals surface area contributed by atoms with Gasteiger partial charge in [0, 0.05) is 24.3 Å². The number of para-hydroxylation sites is 1. The van der Waals surface area contributed by atoms with E-state index in [0.717, 1.165) is 17.7 Å². The molecule has 7 heteroatoms. The maximum absolute atomic E-state index is 12.6. The molecule has 1 heterocycles. The summed E-state index contributed by atoms with van der Waals surface area (Å²) in [5, 5.41) is 11.5. The predicted molar refractivity (Wildman–Crippen MR) is 112 cm³/mol. The highest BCUT2D eigenvalue weighted by molar-refractivity contribution is 6.01. The summed E-state index contributed by atoms with van der Waals surface area (Å²) in [7, 11) is 0. The Morgan fingerprint density at radius 2 is 1.93 bits per heavy atom. The van der Waals surface area contributed by atoms with Gasteiger partial charge in [0.05, 0.1) is 17.6 Å². The monoisotopic (exact) mass is 405 g/mol. The smallest absolute Gasteiger partial charge is 0.312 e. The molecule has 0 spiro atoms. The Kier molecular flexibility index (Phi) is 6.48. The molecule has 2 aromatic carbocycles. The zero-order valence-electron chi connectivity index (χ0n) is 16.9. The summed E-state index contributed by atoms with van der Waals surface area (Å²) in [5.41, 5.74) is 2.83. The minimum atomic E-state index is -1.01. The van der Waals surface area contributed by atoms with Crippen molar-refractivity contribution in [2.24, 2.45) is 5.92 Å². The van der Waals surface area contributed by atoms with Gasteiger partial charge in [-0.3, -0.25) is 14.4 Å². The van der Waals surface area contributed by atoms with Gasteiger partial charge in [0.1, 0.15) is 0 Å². The van der Waals surface area contributed by atoms with E-state index >= 15 is 0 Å². The Hall–Kier alpha value is -3.66. The minimum Gasteiger partial charge on any atom is -0.452 e.